The van der Waals surface area contributed by atoms with Crippen molar-refractivity contribution in [1.29, 1.82) is 0 Å². The number of rotatable bonds is 2. The highest BCUT2D eigenvalue weighted by molar-refractivity contribution is 5.69. The number of methoxy groups -OCH3 is 1. The summed E-state index contributed by atoms with van der Waals surface area (Å²) in [6.45, 7) is 0.585. The molecule has 4 nitrogen and oxygen atoms in total. The largest absolute Gasteiger partial charge is 0.469 e. The third-order valence-electron chi connectivity index (χ3n) is 1.84. The van der Waals surface area contributed by atoms with Crippen molar-refractivity contribution in [3.05, 3.63) is 0 Å². The Kier molecular flexibility index (Phi) is 2.84. The molecule has 0 bridgehead atoms. The molecule has 2 N–H and O–H groups in total. The summed E-state index contributed by atoms with van der Waals surface area (Å²) >= 11 is 0. The minimum Gasteiger partial charge on any atom is -0.469 e. The highest BCUT2D eigenvalue weighted by atomic mass is 16.5. The van der Waals surface area contributed by atoms with Gasteiger partial charge in [0.05, 0.1) is 19.6 Å². The lowest BCUT2D eigenvalue weighted by Crippen LogP contribution is -2.25. The zero-order chi connectivity index (χ0) is 8.27. The van der Waals surface area contributed by atoms with E-state index in [0.29, 0.717) is 19.4 Å². The van der Waals surface area contributed by atoms with Crippen molar-refractivity contribution < 1.29 is 14.6 Å². The van der Waals surface area contributed by atoms with Crippen LogP contribution in [0.15, 0.2) is 0 Å². The van der Waals surface area contributed by atoms with Gasteiger partial charge in [0.15, 0.2) is 0 Å². The maximum Gasteiger partial charge on any atom is 0.307 e. The highest BCUT2D eigenvalue weighted by Gasteiger charge is 2.24. The molecule has 0 amide bonds. The first-order chi connectivity index (χ1) is 5.22. The van der Waals surface area contributed by atoms with Gasteiger partial charge in [0.25, 0.3) is 0 Å². The van der Waals surface area contributed by atoms with Crippen LogP contribution in [-0.4, -0.2) is 36.9 Å². The number of ether oxygens (including phenoxy) is 1. The topological polar surface area (TPSA) is 58.6 Å². The average molecular weight is 159 g/mol. The second-order valence-corrected chi connectivity index (χ2v) is 2.77. The molecule has 2 unspecified atom stereocenters. The summed E-state index contributed by atoms with van der Waals surface area (Å²) < 4.78 is 4.49. The van der Waals surface area contributed by atoms with Crippen LogP contribution < -0.4 is 5.32 Å². The van der Waals surface area contributed by atoms with Gasteiger partial charge in [0.1, 0.15) is 0 Å². The van der Waals surface area contributed by atoms with Crippen molar-refractivity contribution >= 4 is 5.97 Å². The summed E-state index contributed by atoms with van der Waals surface area (Å²) in [5.41, 5.74) is 0. The van der Waals surface area contributed by atoms with Crippen molar-refractivity contribution in [1.82, 2.24) is 5.32 Å². The molecule has 0 saturated carbocycles. The third kappa shape index (κ3) is 2.48. The minimum atomic E-state index is -0.301. The normalized spacial score (nSPS) is 30.4. The molecule has 0 radical (unpaired) electrons. The van der Waals surface area contributed by atoms with E-state index in [9.17, 15) is 4.79 Å². The molecule has 1 fully saturated rings. The van der Waals surface area contributed by atoms with Gasteiger partial charge in [-0.25, -0.2) is 0 Å². The molecule has 0 aliphatic carbocycles. The number of carbonyl (C=O) groups is 1. The zero-order valence-electron chi connectivity index (χ0n) is 6.54. The van der Waals surface area contributed by atoms with E-state index in [2.05, 4.69) is 10.1 Å². The number of hydrogen-bond donors (Lipinski definition) is 2. The molecule has 0 aromatic rings. The van der Waals surface area contributed by atoms with E-state index >= 15 is 0 Å². The molecule has 4 heteroatoms. The SMILES string of the molecule is COC(=O)CC1CC(O)CN1. The first-order valence-corrected chi connectivity index (χ1v) is 3.70. The number of nitrogens with one attached hydrogen (secondary N) is 1. The summed E-state index contributed by atoms with van der Waals surface area (Å²) in [5.74, 6) is -0.225. The van der Waals surface area contributed by atoms with Crippen LogP contribution >= 0.6 is 0 Å². The van der Waals surface area contributed by atoms with E-state index in [-0.39, 0.29) is 18.1 Å². The first kappa shape index (κ1) is 8.49. The summed E-state index contributed by atoms with van der Waals surface area (Å²) in [6.07, 6.45) is 0.701. The third-order valence-corrected chi connectivity index (χ3v) is 1.84. The van der Waals surface area contributed by atoms with Gasteiger partial charge in [-0.1, -0.05) is 0 Å². The highest BCUT2D eigenvalue weighted by Crippen LogP contribution is 2.09. The summed E-state index contributed by atoms with van der Waals surface area (Å²) in [4.78, 5) is 10.7. The Morgan fingerprint density at radius 3 is 3.00 bits per heavy atom. The fourth-order valence-electron chi connectivity index (χ4n) is 1.24. The predicted octanol–water partition coefficient (Wildman–Crippen LogP) is -0.728. The van der Waals surface area contributed by atoms with Gasteiger partial charge < -0.3 is 15.2 Å². The van der Waals surface area contributed by atoms with Gasteiger partial charge in [0, 0.05) is 12.6 Å². The summed E-state index contributed by atoms with van der Waals surface area (Å²) in [5, 5.41) is 12.1. The van der Waals surface area contributed by atoms with E-state index in [4.69, 9.17) is 5.11 Å². The van der Waals surface area contributed by atoms with Crippen LogP contribution in [0.5, 0.6) is 0 Å². The maximum absolute atomic E-state index is 10.7. The Balaban J connectivity index is 2.23. The lowest BCUT2D eigenvalue weighted by Gasteiger charge is -2.06. The quantitative estimate of drug-likeness (QED) is 0.522. The smallest absolute Gasteiger partial charge is 0.307 e. The van der Waals surface area contributed by atoms with E-state index in [0.717, 1.165) is 0 Å². The lowest BCUT2D eigenvalue weighted by molar-refractivity contribution is -0.141. The second-order valence-electron chi connectivity index (χ2n) is 2.77. The number of aliphatic hydroxyl groups excluding tert-OH is 1. The van der Waals surface area contributed by atoms with Crippen molar-refractivity contribution in [3.8, 4) is 0 Å². The fourth-order valence-corrected chi connectivity index (χ4v) is 1.24. The first-order valence-electron chi connectivity index (χ1n) is 3.70. The molecule has 0 aromatic heterocycles. The predicted molar refractivity (Wildman–Crippen MR) is 39.0 cm³/mol. The monoisotopic (exact) mass is 159 g/mol. The molecule has 1 heterocycles. The number of carbonyl (C=O) groups excluding carboxylic acids is 1. The van der Waals surface area contributed by atoms with Gasteiger partial charge in [-0.05, 0) is 6.42 Å². The Morgan fingerprint density at radius 1 is 1.82 bits per heavy atom. The molecule has 1 aliphatic heterocycles. The summed E-state index contributed by atoms with van der Waals surface area (Å²) in [7, 11) is 1.37. The average Bonchev–Trinajstić information content (AvgIpc) is 2.35. The molecular weight excluding hydrogens is 146 g/mol. The van der Waals surface area contributed by atoms with Crippen LogP contribution in [0.25, 0.3) is 0 Å². The molecule has 1 rings (SSSR count). The van der Waals surface area contributed by atoms with Crippen LogP contribution in [0.4, 0.5) is 0 Å². The molecule has 0 spiro atoms. The molecule has 11 heavy (non-hydrogen) atoms. The van der Waals surface area contributed by atoms with Crippen molar-refractivity contribution in [2.45, 2.75) is 25.0 Å². The van der Waals surface area contributed by atoms with E-state index in [1.807, 2.05) is 0 Å². The number of aliphatic hydroxyl groups is 1. The van der Waals surface area contributed by atoms with Crippen LogP contribution in [0.2, 0.25) is 0 Å². The van der Waals surface area contributed by atoms with Crippen LogP contribution in [0, 0.1) is 0 Å². The van der Waals surface area contributed by atoms with Gasteiger partial charge >= 0.3 is 5.97 Å². The van der Waals surface area contributed by atoms with E-state index in [1.54, 1.807) is 0 Å². The molecule has 64 valence electrons. The van der Waals surface area contributed by atoms with E-state index < -0.39 is 0 Å². The Morgan fingerprint density at radius 2 is 2.55 bits per heavy atom. The molecule has 1 saturated heterocycles. The molecule has 0 aromatic carbocycles. The molecule has 2 atom stereocenters. The Labute approximate surface area is 65.5 Å². The maximum atomic E-state index is 10.7. The number of β-amino-alcohol motifs (C(OH)–C–C–N with tert-alkyl or cyclic N) is 1. The van der Waals surface area contributed by atoms with Gasteiger partial charge in [-0.2, -0.15) is 0 Å². The minimum absolute atomic E-state index is 0.0949. The van der Waals surface area contributed by atoms with Crippen molar-refractivity contribution in [3.63, 3.8) is 0 Å². The number of esters is 1. The summed E-state index contributed by atoms with van der Waals surface area (Å²) in [6, 6.07) is 0.0949. The Bertz CT molecular complexity index is 149. The molecule has 1 aliphatic rings. The van der Waals surface area contributed by atoms with Crippen molar-refractivity contribution in [2.24, 2.45) is 0 Å². The fraction of sp³-hybridized carbons (Fsp3) is 0.857. The van der Waals surface area contributed by atoms with Crippen LogP contribution in [-0.2, 0) is 9.53 Å². The second kappa shape index (κ2) is 3.69. The zero-order valence-corrected chi connectivity index (χ0v) is 6.54. The van der Waals surface area contributed by atoms with Crippen LogP contribution in [0.1, 0.15) is 12.8 Å². The van der Waals surface area contributed by atoms with Crippen LogP contribution in [0.3, 0.4) is 0 Å². The molecular formula is C7H13NO3. The van der Waals surface area contributed by atoms with E-state index in [1.165, 1.54) is 7.11 Å². The van der Waals surface area contributed by atoms with Gasteiger partial charge in [-0.15, -0.1) is 0 Å². The van der Waals surface area contributed by atoms with Crippen molar-refractivity contribution in [2.75, 3.05) is 13.7 Å². The lowest BCUT2D eigenvalue weighted by atomic mass is 10.1. The van der Waals surface area contributed by atoms with Gasteiger partial charge in [0.2, 0.25) is 0 Å². The Hall–Kier alpha value is -0.610. The standard InChI is InChI=1S/C7H13NO3/c1-11-7(10)3-5-2-6(9)4-8-5/h5-6,8-9H,2-4H2,1H3. The number of hydrogen-bond acceptors (Lipinski definition) is 4. The van der Waals surface area contributed by atoms with Gasteiger partial charge in [-0.3, -0.25) is 4.79 Å².